The van der Waals surface area contributed by atoms with E-state index in [1.165, 1.54) is 16.8 Å². The molecule has 27 heavy (non-hydrogen) atoms. The van der Waals surface area contributed by atoms with Crippen molar-refractivity contribution in [2.75, 3.05) is 5.32 Å². The number of hydrogen-bond donors (Lipinski definition) is 1. The Balaban J connectivity index is 1.89. The van der Waals surface area contributed by atoms with Gasteiger partial charge in [-0.15, -0.1) is 5.10 Å². The Hall–Kier alpha value is -2.87. The Morgan fingerprint density at radius 1 is 1.15 bits per heavy atom. The predicted octanol–water partition coefficient (Wildman–Crippen LogP) is 4.81. The van der Waals surface area contributed by atoms with Gasteiger partial charge in [0.15, 0.2) is 5.69 Å². The summed E-state index contributed by atoms with van der Waals surface area (Å²) in [5, 5.41) is 10.8. The second-order valence-electron chi connectivity index (χ2n) is 5.90. The van der Waals surface area contributed by atoms with Crippen molar-refractivity contribution in [1.29, 1.82) is 0 Å². The summed E-state index contributed by atoms with van der Waals surface area (Å²) in [6, 6.07) is 9.68. The third-order valence-electron chi connectivity index (χ3n) is 3.96. The number of benzene rings is 2. The fourth-order valence-electron chi connectivity index (χ4n) is 2.46. The number of rotatable bonds is 3. The van der Waals surface area contributed by atoms with Crippen LogP contribution < -0.4 is 5.32 Å². The Bertz CT molecular complexity index is 1010. The van der Waals surface area contributed by atoms with Crippen LogP contribution in [0.5, 0.6) is 0 Å². The quantitative estimate of drug-likeness (QED) is 0.693. The fraction of sp³-hybridized carbons (Fsp3) is 0.167. The highest BCUT2D eigenvalue weighted by atomic mass is 35.5. The molecule has 0 unspecified atom stereocenters. The minimum absolute atomic E-state index is 0.00380. The minimum Gasteiger partial charge on any atom is -0.320 e. The molecule has 3 aromatic rings. The summed E-state index contributed by atoms with van der Waals surface area (Å²) in [5.41, 5.74) is 1.00. The first-order chi connectivity index (χ1) is 12.7. The highest BCUT2D eigenvalue weighted by Crippen LogP contribution is 2.30. The number of halogens is 4. The van der Waals surface area contributed by atoms with E-state index in [1.807, 2.05) is 6.92 Å². The number of aromatic nitrogens is 3. The van der Waals surface area contributed by atoms with Crippen LogP contribution in [0.15, 0.2) is 42.5 Å². The summed E-state index contributed by atoms with van der Waals surface area (Å²) in [6.07, 6.45) is -4.48. The molecule has 140 valence electrons. The first-order valence-electron chi connectivity index (χ1n) is 7.84. The van der Waals surface area contributed by atoms with Crippen LogP contribution in [0.4, 0.5) is 18.9 Å². The van der Waals surface area contributed by atoms with Gasteiger partial charge in [-0.25, -0.2) is 4.68 Å². The first kappa shape index (κ1) is 18.9. The van der Waals surface area contributed by atoms with E-state index in [4.69, 9.17) is 11.6 Å². The fourth-order valence-corrected chi connectivity index (χ4v) is 2.64. The summed E-state index contributed by atoms with van der Waals surface area (Å²) >= 11 is 6.04. The lowest BCUT2D eigenvalue weighted by Gasteiger charge is -2.09. The summed E-state index contributed by atoms with van der Waals surface area (Å²) < 4.78 is 39.9. The topological polar surface area (TPSA) is 59.8 Å². The number of nitrogens with one attached hydrogen (secondary N) is 1. The third-order valence-corrected chi connectivity index (χ3v) is 4.36. The lowest BCUT2D eigenvalue weighted by Crippen LogP contribution is -2.14. The van der Waals surface area contributed by atoms with Crippen molar-refractivity contribution in [1.82, 2.24) is 15.0 Å². The average Bonchev–Trinajstić information content (AvgIpc) is 2.99. The molecule has 0 atom stereocenters. The van der Waals surface area contributed by atoms with Gasteiger partial charge in [-0.3, -0.25) is 4.79 Å². The monoisotopic (exact) mass is 394 g/mol. The molecule has 0 aliphatic heterocycles. The largest absolute Gasteiger partial charge is 0.416 e. The second kappa shape index (κ2) is 7.03. The van der Waals surface area contributed by atoms with Crippen LogP contribution in [0.3, 0.4) is 0 Å². The zero-order valence-corrected chi connectivity index (χ0v) is 15.1. The molecule has 1 amide bonds. The normalized spacial score (nSPS) is 11.5. The van der Waals surface area contributed by atoms with Crippen molar-refractivity contribution in [3.8, 4) is 5.69 Å². The zero-order chi connectivity index (χ0) is 19.8. The van der Waals surface area contributed by atoms with Crippen molar-refractivity contribution < 1.29 is 18.0 Å². The van der Waals surface area contributed by atoms with E-state index in [9.17, 15) is 18.0 Å². The zero-order valence-electron chi connectivity index (χ0n) is 14.3. The molecule has 0 saturated carbocycles. The maximum atomic E-state index is 12.9. The summed E-state index contributed by atoms with van der Waals surface area (Å²) in [5.74, 6) is -0.536. The van der Waals surface area contributed by atoms with Gasteiger partial charge in [0.25, 0.3) is 5.91 Å². The van der Waals surface area contributed by atoms with Gasteiger partial charge in [-0.1, -0.05) is 28.9 Å². The van der Waals surface area contributed by atoms with Crippen LogP contribution >= 0.6 is 11.6 Å². The summed E-state index contributed by atoms with van der Waals surface area (Å²) in [7, 11) is 0. The van der Waals surface area contributed by atoms with Crippen molar-refractivity contribution in [2.24, 2.45) is 0 Å². The number of nitrogens with zero attached hydrogens (tertiary/aromatic N) is 3. The molecule has 0 aliphatic carbocycles. The molecule has 9 heteroatoms. The molecule has 0 aliphatic rings. The number of anilines is 1. The van der Waals surface area contributed by atoms with Crippen LogP contribution in [0.25, 0.3) is 5.69 Å². The molecule has 1 heterocycles. The van der Waals surface area contributed by atoms with Gasteiger partial charge >= 0.3 is 6.18 Å². The lowest BCUT2D eigenvalue weighted by molar-refractivity contribution is -0.137. The molecule has 0 fully saturated rings. The Morgan fingerprint density at radius 2 is 1.89 bits per heavy atom. The second-order valence-corrected chi connectivity index (χ2v) is 6.31. The average molecular weight is 395 g/mol. The summed E-state index contributed by atoms with van der Waals surface area (Å²) in [4.78, 5) is 12.5. The number of hydrogen-bond acceptors (Lipinski definition) is 3. The van der Waals surface area contributed by atoms with Gasteiger partial charge in [0.2, 0.25) is 0 Å². The van der Waals surface area contributed by atoms with E-state index in [2.05, 4.69) is 15.6 Å². The van der Waals surface area contributed by atoms with E-state index >= 15 is 0 Å². The number of carbonyl (C=O) groups excluding carboxylic acids is 1. The number of amides is 1. The van der Waals surface area contributed by atoms with Crippen LogP contribution in [0.2, 0.25) is 5.02 Å². The molecule has 2 aromatic carbocycles. The van der Waals surface area contributed by atoms with E-state index in [0.29, 0.717) is 16.4 Å². The Labute approximate surface area is 157 Å². The standard InChI is InChI=1S/C18H14ClF3N4O/c1-10-6-7-13(9-15(10)19)23-17(27)16-11(2)26(25-24-16)14-5-3-4-12(8-14)18(20,21)22/h3-9H,1-2H3,(H,23,27). The third kappa shape index (κ3) is 3.95. The Kier molecular flexibility index (Phi) is 4.93. The predicted molar refractivity (Wildman–Crippen MR) is 95.2 cm³/mol. The van der Waals surface area contributed by atoms with Crippen molar-refractivity contribution >= 4 is 23.2 Å². The molecule has 0 saturated heterocycles. The van der Waals surface area contributed by atoms with E-state index in [0.717, 1.165) is 17.7 Å². The van der Waals surface area contributed by atoms with Crippen LogP contribution in [-0.2, 0) is 6.18 Å². The van der Waals surface area contributed by atoms with Gasteiger partial charge in [-0.05, 0) is 49.7 Å². The van der Waals surface area contributed by atoms with Gasteiger partial charge < -0.3 is 5.32 Å². The van der Waals surface area contributed by atoms with Crippen LogP contribution in [0, 0.1) is 13.8 Å². The first-order valence-corrected chi connectivity index (χ1v) is 8.22. The SMILES string of the molecule is Cc1ccc(NC(=O)c2nnn(-c3cccc(C(F)(F)F)c3)c2C)cc1Cl. The lowest BCUT2D eigenvalue weighted by atomic mass is 10.2. The van der Waals surface area contributed by atoms with Crippen molar-refractivity contribution in [3.05, 3.63) is 70.0 Å². The maximum absolute atomic E-state index is 12.9. The van der Waals surface area contributed by atoms with Gasteiger partial charge in [0.05, 0.1) is 16.9 Å². The van der Waals surface area contributed by atoms with Crippen molar-refractivity contribution in [2.45, 2.75) is 20.0 Å². The highest BCUT2D eigenvalue weighted by Gasteiger charge is 2.31. The molecular formula is C18H14ClF3N4O. The molecule has 1 N–H and O–H groups in total. The molecule has 0 radical (unpaired) electrons. The molecule has 1 aromatic heterocycles. The van der Waals surface area contributed by atoms with Gasteiger partial charge in [-0.2, -0.15) is 13.2 Å². The van der Waals surface area contributed by atoms with E-state index in [-0.39, 0.29) is 11.4 Å². The van der Waals surface area contributed by atoms with Gasteiger partial charge in [0.1, 0.15) is 0 Å². The van der Waals surface area contributed by atoms with E-state index in [1.54, 1.807) is 25.1 Å². The summed E-state index contributed by atoms with van der Waals surface area (Å²) in [6.45, 7) is 3.38. The number of carbonyl (C=O) groups is 1. The molecular weight excluding hydrogens is 381 g/mol. The molecule has 5 nitrogen and oxygen atoms in total. The highest BCUT2D eigenvalue weighted by molar-refractivity contribution is 6.31. The van der Waals surface area contributed by atoms with Crippen LogP contribution in [0.1, 0.15) is 27.3 Å². The van der Waals surface area contributed by atoms with E-state index < -0.39 is 17.6 Å². The van der Waals surface area contributed by atoms with Crippen LogP contribution in [-0.4, -0.2) is 20.9 Å². The van der Waals surface area contributed by atoms with Crippen molar-refractivity contribution in [3.63, 3.8) is 0 Å². The molecule has 0 spiro atoms. The smallest absolute Gasteiger partial charge is 0.320 e. The molecule has 3 rings (SSSR count). The van der Waals surface area contributed by atoms with Gasteiger partial charge in [0, 0.05) is 10.7 Å². The minimum atomic E-state index is -4.48. The number of alkyl halides is 3. The Morgan fingerprint density at radius 3 is 2.56 bits per heavy atom. The number of aryl methyl sites for hydroxylation is 1. The molecule has 0 bridgehead atoms. The maximum Gasteiger partial charge on any atom is 0.416 e.